The molecule has 53 heavy (non-hydrogen) atoms. The van der Waals surface area contributed by atoms with Gasteiger partial charge in [-0.15, -0.1) is 0 Å². The Bertz CT molecular complexity index is 1370. The lowest BCUT2D eigenvalue weighted by atomic mass is 9.72. The predicted octanol–water partition coefficient (Wildman–Crippen LogP) is 6.40. The minimum absolute atomic E-state index is 0.00877. The molecule has 4 fully saturated rings. The maximum atomic E-state index is 14.4. The van der Waals surface area contributed by atoms with Gasteiger partial charge < -0.3 is 39.0 Å². The summed E-state index contributed by atoms with van der Waals surface area (Å²) >= 11 is 0. The molecule has 0 aromatic heterocycles. The van der Waals surface area contributed by atoms with E-state index in [1.54, 1.807) is 13.0 Å². The maximum absolute atomic E-state index is 14.4. The van der Waals surface area contributed by atoms with Gasteiger partial charge in [0.15, 0.2) is 5.79 Å². The summed E-state index contributed by atoms with van der Waals surface area (Å²) in [5.74, 6) is -6.46. The fourth-order valence-electron chi connectivity index (χ4n) is 10.4. The summed E-state index contributed by atoms with van der Waals surface area (Å²) in [5.41, 5.74) is -1.71. The van der Waals surface area contributed by atoms with E-state index in [1.807, 2.05) is 48.5 Å². The molecule has 11 heteroatoms. The molecule has 5 heterocycles. The third-order valence-corrected chi connectivity index (χ3v) is 14.3. The fraction of sp³-hybridized carbons (Fsp3) is 0.881. The summed E-state index contributed by atoms with van der Waals surface area (Å²) in [5, 5.41) is 32.5. The van der Waals surface area contributed by atoms with Crippen LogP contribution in [0.25, 0.3) is 0 Å². The highest BCUT2D eigenvalue weighted by Gasteiger charge is 2.63. The van der Waals surface area contributed by atoms with Crippen molar-refractivity contribution < 1.29 is 53.4 Å². The lowest BCUT2D eigenvalue weighted by Crippen LogP contribution is -2.62. The second-order valence-electron chi connectivity index (χ2n) is 17.8. The van der Waals surface area contributed by atoms with Crippen molar-refractivity contribution in [1.29, 1.82) is 0 Å². The first-order valence-electron chi connectivity index (χ1n) is 20.6. The van der Waals surface area contributed by atoms with Gasteiger partial charge in [0, 0.05) is 30.1 Å². The number of rotatable bonds is 12. The van der Waals surface area contributed by atoms with Gasteiger partial charge in [-0.25, -0.2) is 0 Å². The number of aliphatic carboxylic acids is 1. The highest BCUT2D eigenvalue weighted by Crippen LogP contribution is 2.53. The number of hydrogen-bond acceptors (Lipinski definition) is 10. The van der Waals surface area contributed by atoms with E-state index < -0.39 is 70.7 Å². The van der Waals surface area contributed by atoms with Gasteiger partial charge in [-0.2, -0.15) is 0 Å². The minimum atomic E-state index is -1.56. The van der Waals surface area contributed by atoms with E-state index in [2.05, 4.69) is 13.8 Å². The minimum Gasteiger partial charge on any atom is -0.481 e. The van der Waals surface area contributed by atoms with E-state index in [-0.39, 0.29) is 47.6 Å². The van der Waals surface area contributed by atoms with E-state index in [0.29, 0.717) is 57.8 Å². The Labute approximate surface area is 316 Å². The molecule has 302 valence electrons. The maximum Gasteiger partial charge on any atom is 0.309 e. The summed E-state index contributed by atoms with van der Waals surface area (Å²) in [7, 11) is 0. The Hall–Kier alpha value is -1.73. The van der Waals surface area contributed by atoms with Crippen LogP contribution in [0, 0.1) is 41.4 Å². The fourth-order valence-corrected chi connectivity index (χ4v) is 10.4. The third kappa shape index (κ3) is 7.83. The van der Waals surface area contributed by atoms with Crippen LogP contribution in [0.2, 0.25) is 0 Å². The molecule has 5 rings (SSSR count). The largest absolute Gasteiger partial charge is 0.481 e. The number of carbonyl (C=O) groups excluding carboxylic acids is 2. The average Bonchev–Trinajstić information content (AvgIpc) is 3.47. The van der Waals surface area contributed by atoms with Crippen LogP contribution < -0.4 is 0 Å². The zero-order chi connectivity index (χ0) is 39.3. The van der Waals surface area contributed by atoms with Gasteiger partial charge >= 0.3 is 5.97 Å². The van der Waals surface area contributed by atoms with Gasteiger partial charge in [-0.05, 0) is 95.6 Å². The second-order valence-corrected chi connectivity index (χ2v) is 17.8. The molecule has 0 aromatic rings. The SMILES string of the molecule is CCC(C(=O)O)C1CCC(C)C(C(C)C(O)C(C)C(=O)C(CC)C2OC3(C=CC(=O)C4(CCC(C)(C5CCC(O)(CC)C(C)O5)O4)O3)C(C)CC2C)O1. The van der Waals surface area contributed by atoms with Crippen LogP contribution in [0.15, 0.2) is 12.2 Å². The number of Topliss-reactive ketones (excluding diaryl/α,β-unsaturated/α-hetero) is 1. The van der Waals surface area contributed by atoms with Crippen molar-refractivity contribution in [2.45, 2.75) is 193 Å². The molecule has 4 saturated heterocycles. The first kappa shape index (κ1) is 42.4. The van der Waals surface area contributed by atoms with E-state index in [1.165, 1.54) is 6.08 Å². The standard InChI is InChI=1S/C42H68O11/c1-11-29(38(46)47)31-15-14-23(4)36(50-31)27(8)34(44)26(7)35(45)30(12-2)37-24(5)22-25(6)41(51-37)19-16-32(43)42(53-41)21-20-39(10,52-42)33-17-18-40(48,13-3)28(9)49-33/h16,19,23-31,33-34,36-37,44,48H,11-15,17-18,20-22H2,1-10H3,(H,46,47). The van der Waals surface area contributed by atoms with Crippen LogP contribution in [0.4, 0.5) is 0 Å². The van der Waals surface area contributed by atoms with Crippen LogP contribution in [0.3, 0.4) is 0 Å². The first-order chi connectivity index (χ1) is 24.8. The molecule has 11 nitrogen and oxygen atoms in total. The molecule has 2 spiro atoms. The van der Waals surface area contributed by atoms with Gasteiger partial charge in [-0.3, -0.25) is 14.4 Å². The van der Waals surface area contributed by atoms with Crippen molar-refractivity contribution in [2.75, 3.05) is 0 Å². The predicted molar refractivity (Wildman–Crippen MR) is 198 cm³/mol. The van der Waals surface area contributed by atoms with Crippen molar-refractivity contribution in [3.8, 4) is 0 Å². The van der Waals surface area contributed by atoms with Crippen molar-refractivity contribution in [2.24, 2.45) is 41.4 Å². The summed E-state index contributed by atoms with van der Waals surface area (Å²) in [6.07, 6.45) is 5.84. The molecular formula is C42H68O11. The molecule has 0 radical (unpaired) electrons. The van der Waals surface area contributed by atoms with Crippen LogP contribution in [0.1, 0.15) is 133 Å². The Morgan fingerprint density at radius 3 is 2.19 bits per heavy atom. The monoisotopic (exact) mass is 748 g/mol. The van der Waals surface area contributed by atoms with E-state index in [0.717, 1.165) is 6.42 Å². The number of carboxylic acids is 1. The molecule has 0 amide bonds. The summed E-state index contributed by atoms with van der Waals surface area (Å²) in [6.45, 7) is 19.4. The van der Waals surface area contributed by atoms with E-state index in [9.17, 15) is 29.7 Å². The smallest absolute Gasteiger partial charge is 0.309 e. The van der Waals surface area contributed by atoms with Gasteiger partial charge in [0.2, 0.25) is 11.6 Å². The third-order valence-electron chi connectivity index (χ3n) is 14.3. The molecule has 0 aliphatic carbocycles. The number of ketones is 2. The Kier molecular flexibility index (Phi) is 12.8. The zero-order valence-corrected chi connectivity index (χ0v) is 33.8. The van der Waals surface area contributed by atoms with E-state index in [4.69, 9.17) is 23.7 Å². The van der Waals surface area contributed by atoms with Gasteiger partial charge in [0.1, 0.15) is 5.78 Å². The molecule has 17 atom stereocenters. The number of aliphatic hydroxyl groups is 2. The zero-order valence-electron chi connectivity index (χ0n) is 33.8. The Morgan fingerprint density at radius 2 is 1.58 bits per heavy atom. The number of hydrogen-bond donors (Lipinski definition) is 3. The summed E-state index contributed by atoms with van der Waals surface area (Å²) in [6, 6.07) is 0. The van der Waals surface area contributed by atoms with Gasteiger partial charge in [0.05, 0.1) is 53.7 Å². The first-order valence-corrected chi connectivity index (χ1v) is 20.6. The van der Waals surface area contributed by atoms with Crippen molar-refractivity contribution in [3.05, 3.63) is 12.2 Å². The van der Waals surface area contributed by atoms with E-state index >= 15 is 0 Å². The molecule has 3 N–H and O–H groups in total. The molecular weight excluding hydrogens is 680 g/mol. The van der Waals surface area contributed by atoms with Crippen molar-refractivity contribution in [1.82, 2.24) is 0 Å². The summed E-state index contributed by atoms with van der Waals surface area (Å²) in [4.78, 5) is 40.0. The topological polar surface area (TPSA) is 158 Å². The van der Waals surface area contributed by atoms with Crippen LogP contribution in [0.5, 0.6) is 0 Å². The molecule has 0 aromatic carbocycles. The number of ether oxygens (including phenoxy) is 5. The number of carboxylic acid groups (broad SMARTS) is 1. The van der Waals surface area contributed by atoms with Crippen LogP contribution in [-0.4, -0.2) is 92.3 Å². The molecule has 0 saturated carbocycles. The second kappa shape index (κ2) is 16.0. The molecule has 5 aliphatic heterocycles. The van der Waals surface area contributed by atoms with Gasteiger partial charge in [-0.1, -0.05) is 55.4 Å². The van der Waals surface area contributed by atoms with Crippen LogP contribution >= 0.6 is 0 Å². The molecule has 17 unspecified atom stereocenters. The number of aliphatic hydroxyl groups excluding tert-OH is 1. The average molecular weight is 749 g/mol. The summed E-state index contributed by atoms with van der Waals surface area (Å²) < 4.78 is 33.2. The lowest BCUT2D eigenvalue weighted by Gasteiger charge is -2.53. The molecule has 0 bridgehead atoms. The highest BCUT2D eigenvalue weighted by atomic mass is 16.8. The van der Waals surface area contributed by atoms with Crippen molar-refractivity contribution in [3.63, 3.8) is 0 Å². The van der Waals surface area contributed by atoms with Crippen LogP contribution in [-0.2, 0) is 38.1 Å². The van der Waals surface area contributed by atoms with Gasteiger partial charge in [0.25, 0.3) is 0 Å². The highest BCUT2D eigenvalue weighted by molar-refractivity contribution is 5.97. The Morgan fingerprint density at radius 1 is 0.906 bits per heavy atom. The normalized spacial score (nSPS) is 44.8. The Balaban J connectivity index is 1.31. The lowest BCUT2D eigenvalue weighted by molar-refractivity contribution is -0.378. The quantitative estimate of drug-likeness (QED) is 0.203. The molecule has 5 aliphatic rings. The van der Waals surface area contributed by atoms with Crippen molar-refractivity contribution >= 4 is 17.5 Å². The number of carbonyl (C=O) groups is 3.